The van der Waals surface area contributed by atoms with Crippen molar-refractivity contribution < 1.29 is 14.7 Å². The van der Waals surface area contributed by atoms with Crippen LogP contribution in [-0.4, -0.2) is 38.1 Å². The first-order valence-corrected chi connectivity index (χ1v) is 10.4. The summed E-state index contributed by atoms with van der Waals surface area (Å²) in [4.78, 5) is 48.6. The number of hydrogen-bond acceptors (Lipinski definition) is 6. The second-order valence-corrected chi connectivity index (χ2v) is 7.53. The summed E-state index contributed by atoms with van der Waals surface area (Å²) in [5.41, 5.74) is 0.641. The molecule has 9 heteroatoms. The Labute approximate surface area is 181 Å². The standard InChI is InChI=1S/C22H18N4O4S/c1-2-25(15-6-4-3-5-7-15)17(27)12-26-19(14-8-10-23-11-9-14)24-20-18(21(26)28)16(13-31-20)22(29)30/h3-11,13H,2,12H2,1H3,(H,29,30). The predicted molar refractivity (Wildman–Crippen MR) is 119 cm³/mol. The topological polar surface area (TPSA) is 105 Å². The fourth-order valence-electron chi connectivity index (χ4n) is 3.38. The Morgan fingerprint density at radius 3 is 2.48 bits per heavy atom. The van der Waals surface area contributed by atoms with Gasteiger partial charge < -0.3 is 10.0 Å². The van der Waals surface area contributed by atoms with Crippen molar-refractivity contribution in [3.8, 4) is 11.4 Å². The number of carboxylic acids is 1. The highest BCUT2D eigenvalue weighted by Gasteiger charge is 2.23. The molecule has 156 valence electrons. The fraction of sp³-hybridized carbons (Fsp3) is 0.136. The molecule has 0 saturated carbocycles. The molecular weight excluding hydrogens is 416 g/mol. The van der Waals surface area contributed by atoms with Gasteiger partial charge in [0.05, 0.1) is 10.9 Å². The van der Waals surface area contributed by atoms with Crippen LogP contribution in [0.4, 0.5) is 5.69 Å². The third-order valence-electron chi connectivity index (χ3n) is 4.84. The molecule has 0 spiro atoms. The van der Waals surface area contributed by atoms with E-state index in [9.17, 15) is 19.5 Å². The molecule has 31 heavy (non-hydrogen) atoms. The summed E-state index contributed by atoms with van der Waals surface area (Å²) in [7, 11) is 0. The van der Waals surface area contributed by atoms with Crippen LogP contribution in [0.2, 0.25) is 0 Å². The zero-order valence-electron chi connectivity index (χ0n) is 16.6. The van der Waals surface area contributed by atoms with Crippen molar-refractivity contribution in [2.24, 2.45) is 0 Å². The van der Waals surface area contributed by atoms with E-state index in [1.807, 2.05) is 37.3 Å². The Morgan fingerprint density at radius 2 is 1.84 bits per heavy atom. The number of fused-ring (bicyclic) bond motifs is 1. The summed E-state index contributed by atoms with van der Waals surface area (Å²) >= 11 is 1.08. The number of aromatic nitrogens is 3. The van der Waals surface area contributed by atoms with E-state index in [-0.39, 0.29) is 29.2 Å². The first-order chi connectivity index (χ1) is 15.0. The lowest BCUT2D eigenvalue weighted by Crippen LogP contribution is -2.37. The number of carboxylic acid groups (broad SMARTS) is 1. The van der Waals surface area contributed by atoms with Crippen molar-refractivity contribution in [2.45, 2.75) is 13.5 Å². The number of benzene rings is 1. The number of para-hydroxylation sites is 1. The molecule has 0 aliphatic heterocycles. The quantitative estimate of drug-likeness (QED) is 0.499. The number of pyridine rings is 1. The summed E-state index contributed by atoms with van der Waals surface area (Å²) in [6.45, 7) is 1.98. The van der Waals surface area contributed by atoms with Crippen LogP contribution in [-0.2, 0) is 11.3 Å². The van der Waals surface area contributed by atoms with Crippen LogP contribution in [0.3, 0.4) is 0 Å². The molecule has 0 aliphatic carbocycles. The second kappa shape index (κ2) is 8.49. The summed E-state index contributed by atoms with van der Waals surface area (Å²) < 4.78 is 1.24. The first kappa shape index (κ1) is 20.4. The monoisotopic (exact) mass is 434 g/mol. The molecule has 8 nitrogen and oxygen atoms in total. The van der Waals surface area contributed by atoms with Gasteiger partial charge in [-0.3, -0.25) is 19.1 Å². The lowest BCUT2D eigenvalue weighted by atomic mass is 10.2. The maximum absolute atomic E-state index is 13.4. The molecule has 0 unspecified atom stereocenters. The van der Waals surface area contributed by atoms with E-state index >= 15 is 0 Å². The maximum atomic E-state index is 13.4. The van der Waals surface area contributed by atoms with Crippen molar-refractivity contribution in [1.29, 1.82) is 0 Å². The number of carbonyl (C=O) groups excluding carboxylic acids is 1. The Morgan fingerprint density at radius 1 is 1.13 bits per heavy atom. The Kier molecular flexibility index (Phi) is 5.59. The van der Waals surface area contributed by atoms with Crippen LogP contribution in [0.25, 0.3) is 21.6 Å². The first-order valence-electron chi connectivity index (χ1n) is 9.52. The van der Waals surface area contributed by atoms with Gasteiger partial charge in [-0.25, -0.2) is 9.78 Å². The van der Waals surface area contributed by atoms with E-state index in [1.54, 1.807) is 29.4 Å². The number of amides is 1. The number of nitrogens with zero attached hydrogens (tertiary/aromatic N) is 4. The normalized spacial score (nSPS) is 10.9. The van der Waals surface area contributed by atoms with Gasteiger partial charge in [0.2, 0.25) is 5.91 Å². The van der Waals surface area contributed by atoms with Crippen molar-refractivity contribution >= 4 is 39.1 Å². The van der Waals surface area contributed by atoms with Gasteiger partial charge in [0, 0.05) is 35.6 Å². The minimum atomic E-state index is -1.21. The highest BCUT2D eigenvalue weighted by atomic mass is 32.1. The number of carbonyl (C=O) groups is 2. The average molecular weight is 434 g/mol. The van der Waals surface area contributed by atoms with Gasteiger partial charge in [0.15, 0.2) is 0 Å². The lowest BCUT2D eigenvalue weighted by Gasteiger charge is -2.22. The molecular formula is C22H18N4O4S. The zero-order valence-corrected chi connectivity index (χ0v) is 17.4. The van der Waals surface area contributed by atoms with Crippen molar-refractivity contribution in [2.75, 3.05) is 11.4 Å². The van der Waals surface area contributed by atoms with Crippen LogP contribution in [0, 0.1) is 0 Å². The molecule has 1 aromatic carbocycles. The molecule has 3 aromatic heterocycles. The number of hydrogen-bond donors (Lipinski definition) is 1. The largest absolute Gasteiger partial charge is 0.478 e. The van der Waals surface area contributed by atoms with E-state index in [2.05, 4.69) is 9.97 Å². The average Bonchev–Trinajstić information content (AvgIpc) is 3.22. The molecule has 0 atom stereocenters. The summed E-state index contributed by atoms with van der Waals surface area (Å²) in [5.74, 6) is -1.23. The predicted octanol–water partition coefficient (Wildman–Crippen LogP) is 3.27. The molecule has 0 saturated heterocycles. The molecule has 4 rings (SSSR count). The van der Waals surface area contributed by atoms with Crippen LogP contribution < -0.4 is 10.5 Å². The van der Waals surface area contributed by atoms with Crippen LogP contribution >= 0.6 is 11.3 Å². The van der Waals surface area contributed by atoms with Crippen LogP contribution in [0.1, 0.15) is 17.3 Å². The van der Waals surface area contributed by atoms with E-state index in [4.69, 9.17) is 0 Å². The molecule has 0 bridgehead atoms. The minimum Gasteiger partial charge on any atom is -0.478 e. The molecule has 0 aliphatic rings. The fourth-order valence-corrected chi connectivity index (χ4v) is 4.28. The molecule has 0 fully saturated rings. The van der Waals surface area contributed by atoms with Gasteiger partial charge in [-0.1, -0.05) is 18.2 Å². The number of rotatable bonds is 6. The van der Waals surface area contributed by atoms with E-state index in [0.29, 0.717) is 22.6 Å². The van der Waals surface area contributed by atoms with Gasteiger partial charge in [0.25, 0.3) is 5.56 Å². The van der Waals surface area contributed by atoms with Gasteiger partial charge in [-0.15, -0.1) is 11.3 Å². The lowest BCUT2D eigenvalue weighted by molar-refractivity contribution is -0.119. The molecule has 3 heterocycles. The van der Waals surface area contributed by atoms with E-state index < -0.39 is 11.5 Å². The van der Waals surface area contributed by atoms with Gasteiger partial charge in [-0.05, 0) is 31.2 Å². The summed E-state index contributed by atoms with van der Waals surface area (Å²) in [6, 6.07) is 12.5. The smallest absolute Gasteiger partial charge is 0.337 e. The molecule has 1 amide bonds. The highest BCUT2D eigenvalue weighted by molar-refractivity contribution is 7.17. The number of aromatic carboxylic acids is 1. The van der Waals surface area contributed by atoms with Crippen molar-refractivity contribution in [1.82, 2.24) is 14.5 Å². The SMILES string of the molecule is CCN(C(=O)Cn1c(-c2ccncc2)nc2scc(C(=O)O)c2c1=O)c1ccccc1. The second-order valence-electron chi connectivity index (χ2n) is 6.67. The maximum Gasteiger partial charge on any atom is 0.337 e. The molecule has 4 aromatic rings. The zero-order chi connectivity index (χ0) is 22.0. The summed E-state index contributed by atoms with van der Waals surface area (Å²) in [6.07, 6.45) is 3.13. The Hall–Kier alpha value is -3.85. The highest BCUT2D eigenvalue weighted by Crippen LogP contribution is 2.25. The van der Waals surface area contributed by atoms with Crippen molar-refractivity contribution in [3.63, 3.8) is 0 Å². The van der Waals surface area contributed by atoms with Crippen LogP contribution in [0.15, 0.2) is 65.0 Å². The minimum absolute atomic E-state index is 0.00543. The molecule has 1 N–H and O–H groups in total. The number of thiophene rings is 1. The number of anilines is 1. The third-order valence-corrected chi connectivity index (χ3v) is 5.71. The third kappa shape index (κ3) is 3.82. The molecule has 0 radical (unpaired) electrons. The van der Waals surface area contributed by atoms with E-state index in [1.165, 1.54) is 9.95 Å². The van der Waals surface area contributed by atoms with E-state index in [0.717, 1.165) is 11.3 Å². The Balaban J connectivity index is 1.87. The van der Waals surface area contributed by atoms with Crippen LogP contribution in [0.5, 0.6) is 0 Å². The van der Waals surface area contributed by atoms with Gasteiger partial charge in [0.1, 0.15) is 17.2 Å². The van der Waals surface area contributed by atoms with Gasteiger partial charge >= 0.3 is 5.97 Å². The Bertz CT molecular complexity index is 1320. The number of likely N-dealkylation sites (N-methyl/N-ethyl adjacent to an activating group) is 1. The van der Waals surface area contributed by atoms with Gasteiger partial charge in [-0.2, -0.15) is 0 Å². The van der Waals surface area contributed by atoms with Crippen molar-refractivity contribution in [3.05, 3.63) is 76.2 Å². The summed E-state index contributed by atoms with van der Waals surface area (Å²) in [5, 5.41) is 10.9.